The summed E-state index contributed by atoms with van der Waals surface area (Å²) >= 11 is 0. The summed E-state index contributed by atoms with van der Waals surface area (Å²) in [6, 6.07) is 3.44. The smallest absolute Gasteiger partial charge is 0.338 e. The summed E-state index contributed by atoms with van der Waals surface area (Å²) in [5.41, 5.74) is 5.99. The molecule has 0 aromatic carbocycles. The molecule has 0 radical (unpaired) electrons. The van der Waals surface area contributed by atoms with Crippen LogP contribution in [0.3, 0.4) is 0 Å². The molecule has 0 aliphatic carbocycles. The second kappa shape index (κ2) is 7.95. The van der Waals surface area contributed by atoms with Gasteiger partial charge in [0, 0.05) is 25.9 Å². The van der Waals surface area contributed by atoms with Gasteiger partial charge in [-0.05, 0) is 37.9 Å². The zero-order chi connectivity index (χ0) is 15.1. The second-order valence-corrected chi connectivity index (χ2v) is 5.09. The van der Waals surface area contributed by atoms with Crippen molar-refractivity contribution < 1.29 is 14.3 Å². The first-order valence-corrected chi connectivity index (χ1v) is 7.35. The van der Waals surface area contributed by atoms with Gasteiger partial charge in [0.05, 0.1) is 18.8 Å². The summed E-state index contributed by atoms with van der Waals surface area (Å²) in [5.74, 6) is 0.483. The van der Waals surface area contributed by atoms with Gasteiger partial charge >= 0.3 is 5.97 Å². The minimum atomic E-state index is -0.335. The van der Waals surface area contributed by atoms with Crippen molar-refractivity contribution in [1.82, 2.24) is 4.98 Å². The van der Waals surface area contributed by atoms with Gasteiger partial charge in [0.2, 0.25) is 0 Å². The van der Waals surface area contributed by atoms with E-state index in [1.54, 1.807) is 18.3 Å². The largest absolute Gasteiger partial charge is 0.465 e. The Bertz CT molecular complexity index is 459. The predicted octanol–water partition coefficient (Wildman–Crippen LogP) is 1.20. The Hall–Kier alpha value is -1.66. The van der Waals surface area contributed by atoms with Crippen LogP contribution in [0.1, 0.15) is 29.6 Å². The molecule has 2 heterocycles. The van der Waals surface area contributed by atoms with E-state index in [-0.39, 0.29) is 5.97 Å². The third-order valence-corrected chi connectivity index (χ3v) is 3.63. The van der Waals surface area contributed by atoms with Gasteiger partial charge in [-0.2, -0.15) is 0 Å². The van der Waals surface area contributed by atoms with Crippen molar-refractivity contribution >= 4 is 11.8 Å². The maximum Gasteiger partial charge on any atom is 0.338 e. The van der Waals surface area contributed by atoms with Crippen LogP contribution in [0.25, 0.3) is 0 Å². The first kappa shape index (κ1) is 15.7. The molecular formula is C15H23N3O3. The van der Waals surface area contributed by atoms with E-state index in [2.05, 4.69) is 9.88 Å². The highest BCUT2D eigenvalue weighted by Gasteiger charge is 2.21. The molecule has 2 rings (SSSR count). The molecule has 1 aromatic rings. The van der Waals surface area contributed by atoms with E-state index in [1.807, 2.05) is 0 Å². The Balaban J connectivity index is 1.88. The standard InChI is InChI=1S/C15H23N3O3/c1-20-15(19)12-3-7-17-14(11-12)18-8-4-13(5-9-18)21-10-2-6-16/h3,7,11,13H,2,4-6,8-10,16H2,1H3. The van der Waals surface area contributed by atoms with Crippen molar-refractivity contribution in [3.8, 4) is 0 Å². The number of nitrogens with zero attached hydrogens (tertiary/aromatic N) is 2. The van der Waals surface area contributed by atoms with Crippen molar-refractivity contribution in [3.63, 3.8) is 0 Å². The van der Waals surface area contributed by atoms with Gasteiger partial charge in [0.25, 0.3) is 0 Å². The Kier molecular flexibility index (Phi) is 5.95. The van der Waals surface area contributed by atoms with Crippen molar-refractivity contribution in [2.75, 3.05) is 38.3 Å². The molecular weight excluding hydrogens is 270 g/mol. The first-order valence-electron chi connectivity index (χ1n) is 7.35. The summed E-state index contributed by atoms with van der Waals surface area (Å²) in [6.07, 6.45) is 4.79. The van der Waals surface area contributed by atoms with Crippen molar-refractivity contribution in [2.24, 2.45) is 5.73 Å². The van der Waals surface area contributed by atoms with Crippen molar-refractivity contribution in [2.45, 2.75) is 25.4 Å². The van der Waals surface area contributed by atoms with Crippen LogP contribution >= 0.6 is 0 Å². The number of esters is 1. The van der Waals surface area contributed by atoms with E-state index >= 15 is 0 Å². The van der Waals surface area contributed by atoms with Crippen molar-refractivity contribution in [3.05, 3.63) is 23.9 Å². The average molecular weight is 293 g/mol. The van der Waals surface area contributed by atoms with E-state index in [0.717, 1.165) is 44.8 Å². The third kappa shape index (κ3) is 4.41. The van der Waals surface area contributed by atoms with Gasteiger partial charge in [-0.3, -0.25) is 0 Å². The molecule has 1 aliphatic rings. The van der Waals surface area contributed by atoms with Crippen LogP contribution in [0.15, 0.2) is 18.3 Å². The highest BCUT2D eigenvalue weighted by molar-refractivity contribution is 5.90. The Morgan fingerprint density at radius 3 is 2.90 bits per heavy atom. The van der Waals surface area contributed by atoms with Crippen LogP contribution in [0.5, 0.6) is 0 Å². The zero-order valence-corrected chi connectivity index (χ0v) is 12.5. The topological polar surface area (TPSA) is 77.7 Å². The van der Waals surface area contributed by atoms with Crippen LogP contribution in [-0.4, -0.2) is 50.4 Å². The number of aromatic nitrogens is 1. The lowest BCUT2D eigenvalue weighted by Gasteiger charge is -2.32. The maximum absolute atomic E-state index is 11.5. The summed E-state index contributed by atoms with van der Waals surface area (Å²) in [4.78, 5) is 18.1. The molecule has 21 heavy (non-hydrogen) atoms. The summed E-state index contributed by atoms with van der Waals surface area (Å²) < 4.78 is 10.5. The van der Waals surface area contributed by atoms with Gasteiger partial charge < -0.3 is 20.1 Å². The number of carbonyl (C=O) groups is 1. The predicted molar refractivity (Wildman–Crippen MR) is 80.4 cm³/mol. The normalized spacial score (nSPS) is 16.0. The zero-order valence-electron chi connectivity index (χ0n) is 12.5. The lowest BCUT2D eigenvalue weighted by atomic mass is 10.1. The van der Waals surface area contributed by atoms with Crippen LogP contribution in [0.2, 0.25) is 0 Å². The molecule has 6 nitrogen and oxygen atoms in total. The highest BCUT2D eigenvalue weighted by atomic mass is 16.5. The van der Waals surface area contributed by atoms with Crippen molar-refractivity contribution in [1.29, 1.82) is 0 Å². The molecule has 0 atom stereocenters. The van der Waals surface area contributed by atoms with Gasteiger partial charge in [-0.15, -0.1) is 0 Å². The van der Waals surface area contributed by atoms with Crippen LogP contribution in [0.4, 0.5) is 5.82 Å². The molecule has 0 unspecified atom stereocenters. The average Bonchev–Trinajstić information content (AvgIpc) is 2.55. The lowest BCUT2D eigenvalue weighted by molar-refractivity contribution is 0.0365. The number of carbonyl (C=O) groups excluding carboxylic acids is 1. The molecule has 6 heteroatoms. The Morgan fingerprint density at radius 2 is 2.24 bits per heavy atom. The number of rotatable bonds is 6. The van der Waals surface area contributed by atoms with Gasteiger partial charge in [0.15, 0.2) is 0 Å². The fourth-order valence-corrected chi connectivity index (χ4v) is 2.42. The fraction of sp³-hybridized carbons (Fsp3) is 0.600. The van der Waals surface area contributed by atoms with E-state index in [1.165, 1.54) is 7.11 Å². The molecule has 1 aliphatic heterocycles. The second-order valence-electron chi connectivity index (χ2n) is 5.09. The number of hydrogen-bond acceptors (Lipinski definition) is 6. The summed E-state index contributed by atoms with van der Waals surface area (Å²) in [7, 11) is 1.38. The number of nitrogens with two attached hydrogens (primary N) is 1. The first-order chi connectivity index (χ1) is 10.2. The fourth-order valence-electron chi connectivity index (χ4n) is 2.42. The van der Waals surface area contributed by atoms with Gasteiger partial charge in [0.1, 0.15) is 5.82 Å². The minimum absolute atomic E-state index is 0.302. The van der Waals surface area contributed by atoms with E-state index in [9.17, 15) is 4.79 Å². The number of methoxy groups -OCH3 is 1. The van der Waals surface area contributed by atoms with Gasteiger partial charge in [-0.25, -0.2) is 9.78 Å². The minimum Gasteiger partial charge on any atom is -0.465 e. The van der Waals surface area contributed by atoms with Crippen LogP contribution < -0.4 is 10.6 Å². The number of ether oxygens (including phenoxy) is 2. The summed E-state index contributed by atoms with van der Waals surface area (Å²) in [5, 5.41) is 0. The van der Waals surface area contributed by atoms with Crippen LogP contribution in [-0.2, 0) is 9.47 Å². The maximum atomic E-state index is 11.5. The number of anilines is 1. The number of piperidine rings is 1. The third-order valence-electron chi connectivity index (χ3n) is 3.63. The molecule has 116 valence electrons. The molecule has 1 saturated heterocycles. The highest BCUT2D eigenvalue weighted by Crippen LogP contribution is 2.20. The molecule has 0 bridgehead atoms. The van der Waals surface area contributed by atoms with Gasteiger partial charge in [-0.1, -0.05) is 0 Å². The van der Waals surface area contributed by atoms with E-state index in [4.69, 9.17) is 15.2 Å². The van der Waals surface area contributed by atoms with Crippen LogP contribution in [0, 0.1) is 0 Å². The molecule has 1 fully saturated rings. The number of hydrogen-bond donors (Lipinski definition) is 1. The quantitative estimate of drug-likeness (QED) is 0.627. The number of pyridine rings is 1. The Labute approximate surface area is 125 Å². The summed E-state index contributed by atoms with van der Waals surface area (Å²) in [6.45, 7) is 3.16. The van der Waals surface area contributed by atoms with E-state index in [0.29, 0.717) is 18.2 Å². The molecule has 0 saturated carbocycles. The molecule has 0 amide bonds. The molecule has 0 spiro atoms. The Morgan fingerprint density at radius 1 is 1.48 bits per heavy atom. The monoisotopic (exact) mass is 293 g/mol. The lowest BCUT2D eigenvalue weighted by Crippen LogP contribution is -2.37. The molecule has 1 aromatic heterocycles. The molecule has 2 N–H and O–H groups in total. The van der Waals surface area contributed by atoms with E-state index < -0.39 is 0 Å². The SMILES string of the molecule is COC(=O)c1ccnc(N2CCC(OCCCN)CC2)c1.